The molecular weight excluding hydrogens is 316 g/mol. The van der Waals surface area contributed by atoms with Crippen LogP contribution in [0.5, 0.6) is 0 Å². The quantitative estimate of drug-likeness (QED) is 0.754. The van der Waals surface area contributed by atoms with Gasteiger partial charge in [-0.05, 0) is 20.0 Å². The van der Waals surface area contributed by atoms with Crippen molar-refractivity contribution < 1.29 is 13.2 Å². The monoisotopic (exact) mass is 342 g/mol. The van der Waals surface area contributed by atoms with Crippen LogP contribution in [-0.2, 0) is 21.2 Å². The molecule has 130 valence electrons. The number of hydrogen-bond acceptors (Lipinski definition) is 5. The summed E-state index contributed by atoms with van der Waals surface area (Å²) in [7, 11) is -3.13. The molecule has 0 aliphatic carbocycles. The second-order valence-corrected chi connectivity index (χ2v) is 8.04. The second-order valence-electron chi connectivity index (χ2n) is 5.81. The highest BCUT2D eigenvalue weighted by Gasteiger charge is 2.35. The van der Waals surface area contributed by atoms with E-state index in [0.717, 1.165) is 18.7 Å². The first kappa shape index (κ1) is 17.9. The van der Waals surface area contributed by atoms with E-state index in [-0.39, 0.29) is 24.0 Å². The summed E-state index contributed by atoms with van der Waals surface area (Å²) in [6.45, 7) is 8.89. The molecule has 0 unspecified atom stereocenters. The maximum atomic E-state index is 12.7. The van der Waals surface area contributed by atoms with Gasteiger partial charge in [0.25, 0.3) is 0 Å². The third-order valence-electron chi connectivity index (χ3n) is 4.37. The zero-order valence-corrected chi connectivity index (χ0v) is 14.9. The van der Waals surface area contributed by atoms with Gasteiger partial charge >= 0.3 is 0 Å². The van der Waals surface area contributed by atoms with Gasteiger partial charge in [-0.3, -0.25) is 14.4 Å². The summed E-state index contributed by atoms with van der Waals surface area (Å²) in [5.41, 5.74) is 0.794. The fourth-order valence-electron chi connectivity index (χ4n) is 2.84. The van der Waals surface area contributed by atoms with E-state index in [1.807, 2.05) is 31.9 Å². The standard InChI is InChI=1S/C15H26N4O3S/c1-4-17(5-2)11-15(20)19-7-8-23(21,22)12-14(19)13-9-16-18(6-3)10-13/h9-10,14H,4-8,11-12H2,1-3H3/t14-/m0/s1. The van der Waals surface area contributed by atoms with Crippen molar-refractivity contribution in [2.45, 2.75) is 33.4 Å². The lowest BCUT2D eigenvalue weighted by molar-refractivity contribution is -0.134. The number of nitrogens with zero attached hydrogens (tertiary/aromatic N) is 4. The van der Waals surface area contributed by atoms with Crippen LogP contribution in [0.4, 0.5) is 0 Å². The fraction of sp³-hybridized carbons (Fsp3) is 0.733. The predicted octanol–water partition coefficient (Wildman–Crippen LogP) is 0.543. The summed E-state index contributed by atoms with van der Waals surface area (Å²) in [5.74, 6) is -0.000204. The van der Waals surface area contributed by atoms with Gasteiger partial charge in [0.1, 0.15) is 0 Å². The zero-order chi connectivity index (χ0) is 17.0. The Balaban J connectivity index is 2.23. The van der Waals surface area contributed by atoms with Crippen molar-refractivity contribution in [3.05, 3.63) is 18.0 Å². The first-order chi connectivity index (χ1) is 10.9. The number of aryl methyl sites for hydroxylation is 1. The van der Waals surface area contributed by atoms with Gasteiger partial charge in [-0.15, -0.1) is 0 Å². The van der Waals surface area contributed by atoms with E-state index in [0.29, 0.717) is 13.1 Å². The molecule has 0 aromatic carbocycles. The van der Waals surface area contributed by atoms with Crippen LogP contribution in [-0.4, -0.2) is 71.6 Å². The van der Waals surface area contributed by atoms with Crippen molar-refractivity contribution >= 4 is 15.7 Å². The zero-order valence-electron chi connectivity index (χ0n) is 14.1. The number of carbonyl (C=O) groups is 1. The molecule has 1 atom stereocenters. The molecule has 2 rings (SSSR count). The SMILES string of the molecule is CCN(CC)CC(=O)N1CCS(=O)(=O)C[C@H]1c1cnn(CC)c1. The second kappa shape index (κ2) is 7.44. The number of aromatic nitrogens is 2. The molecule has 7 nitrogen and oxygen atoms in total. The summed E-state index contributed by atoms with van der Waals surface area (Å²) in [4.78, 5) is 16.4. The maximum Gasteiger partial charge on any atom is 0.237 e. The van der Waals surface area contributed by atoms with Gasteiger partial charge in [-0.2, -0.15) is 5.10 Å². The Morgan fingerprint density at radius 3 is 2.61 bits per heavy atom. The van der Waals surface area contributed by atoms with Gasteiger partial charge in [0, 0.05) is 24.8 Å². The molecule has 23 heavy (non-hydrogen) atoms. The van der Waals surface area contributed by atoms with Gasteiger partial charge in [0.2, 0.25) is 5.91 Å². The van der Waals surface area contributed by atoms with Gasteiger partial charge < -0.3 is 4.90 Å². The van der Waals surface area contributed by atoms with Crippen molar-refractivity contribution in [2.75, 3.05) is 37.7 Å². The minimum Gasteiger partial charge on any atom is -0.332 e. The normalized spacial score (nSPS) is 20.9. The van der Waals surface area contributed by atoms with Crippen LogP contribution in [0.25, 0.3) is 0 Å². The lowest BCUT2D eigenvalue weighted by Gasteiger charge is -2.36. The average molecular weight is 342 g/mol. The fourth-order valence-corrected chi connectivity index (χ4v) is 4.33. The van der Waals surface area contributed by atoms with Crippen LogP contribution in [0.2, 0.25) is 0 Å². The van der Waals surface area contributed by atoms with Crippen molar-refractivity contribution in [1.29, 1.82) is 0 Å². The van der Waals surface area contributed by atoms with Gasteiger partial charge in [0.05, 0.1) is 30.3 Å². The first-order valence-electron chi connectivity index (χ1n) is 8.14. The highest BCUT2D eigenvalue weighted by molar-refractivity contribution is 7.91. The van der Waals surface area contributed by atoms with E-state index in [1.54, 1.807) is 15.8 Å². The molecule has 0 radical (unpaired) electrons. The number of amides is 1. The van der Waals surface area contributed by atoms with E-state index in [1.165, 1.54) is 0 Å². The van der Waals surface area contributed by atoms with E-state index >= 15 is 0 Å². The topological polar surface area (TPSA) is 75.5 Å². The van der Waals surface area contributed by atoms with Crippen molar-refractivity contribution in [2.24, 2.45) is 0 Å². The first-order valence-corrected chi connectivity index (χ1v) is 9.96. The van der Waals surface area contributed by atoms with Gasteiger partial charge in [-0.1, -0.05) is 13.8 Å². The van der Waals surface area contributed by atoms with E-state index < -0.39 is 15.9 Å². The number of sulfone groups is 1. The van der Waals surface area contributed by atoms with E-state index in [2.05, 4.69) is 5.10 Å². The summed E-state index contributed by atoms with van der Waals surface area (Å²) < 4.78 is 25.8. The largest absolute Gasteiger partial charge is 0.332 e. The molecular formula is C15H26N4O3S. The smallest absolute Gasteiger partial charge is 0.237 e. The van der Waals surface area contributed by atoms with Crippen molar-refractivity contribution in [3.63, 3.8) is 0 Å². The number of carbonyl (C=O) groups excluding carboxylic acids is 1. The number of likely N-dealkylation sites (N-methyl/N-ethyl adjacent to an activating group) is 1. The van der Waals surface area contributed by atoms with E-state index in [4.69, 9.17) is 0 Å². The lowest BCUT2D eigenvalue weighted by atomic mass is 10.1. The minimum absolute atomic E-state index is 0.0159. The molecule has 2 heterocycles. The molecule has 1 aromatic heterocycles. The summed E-state index contributed by atoms with van der Waals surface area (Å²) in [5, 5.41) is 4.22. The predicted molar refractivity (Wildman–Crippen MR) is 88.8 cm³/mol. The van der Waals surface area contributed by atoms with Crippen LogP contribution in [0.3, 0.4) is 0 Å². The van der Waals surface area contributed by atoms with Crippen molar-refractivity contribution in [3.8, 4) is 0 Å². The Kier molecular flexibility index (Phi) is 5.80. The average Bonchev–Trinajstić information content (AvgIpc) is 3.00. The Bertz CT molecular complexity index is 637. The van der Waals surface area contributed by atoms with Crippen LogP contribution in [0, 0.1) is 0 Å². The van der Waals surface area contributed by atoms with Crippen LogP contribution >= 0.6 is 0 Å². The molecule has 1 saturated heterocycles. The molecule has 1 aromatic rings. The van der Waals surface area contributed by atoms with E-state index in [9.17, 15) is 13.2 Å². The van der Waals surface area contributed by atoms with Gasteiger partial charge in [0.15, 0.2) is 9.84 Å². The molecule has 1 amide bonds. The Labute approximate surface area is 138 Å². The summed E-state index contributed by atoms with van der Waals surface area (Å²) >= 11 is 0. The molecule has 1 fully saturated rings. The highest BCUT2D eigenvalue weighted by Crippen LogP contribution is 2.26. The van der Waals surface area contributed by atoms with Crippen LogP contribution in [0.15, 0.2) is 12.4 Å². The lowest BCUT2D eigenvalue weighted by Crippen LogP contribution is -2.49. The molecule has 1 aliphatic heterocycles. The third-order valence-corrected chi connectivity index (χ3v) is 6.00. The summed E-state index contributed by atoms with van der Waals surface area (Å²) in [6.07, 6.45) is 3.51. The Morgan fingerprint density at radius 2 is 2.04 bits per heavy atom. The van der Waals surface area contributed by atoms with Gasteiger partial charge in [-0.25, -0.2) is 8.42 Å². The molecule has 1 aliphatic rings. The Morgan fingerprint density at radius 1 is 1.35 bits per heavy atom. The highest BCUT2D eigenvalue weighted by atomic mass is 32.2. The Hall–Kier alpha value is -1.41. The van der Waals surface area contributed by atoms with Crippen molar-refractivity contribution in [1.82, 2.24) is 19.6 Å². The van der Waals surface area contributed by atoms with Crippen LogP contribution < -0.4 is 0 Å². The third kappa shape index (κ3) is 4.32. The number of rotatable bonds is 6. The molecule has 0 bridgehead atoms. The minimum atomic E-state index is -3.13. The summed E-state index contributed by atoms with van der Waals surface area (Å²) in [6, 6.07) is -0.433. The molecule has 8 heteroatoms. The molecule has 0 spiro atoms. The molecule has 0 N–H and O–H groups in total. The number of hydrogen-bond donors (Lipinski definition) is 0. The maximum absolute atomic E-state index is 12.7. The molecule has 0 saturated carbocycles. The van der Waals surface area contributed by atoms with Crippen LogP contribution in [0.1, 0.15) is 32.4 Å².